The van der Waals surface area contributed by atoms with Gasteiger partial charge in [0.25, 0.3) is 0 Å². The summed E-state index contributed by atoms with van der Waals surface area (Å²) in [7, 11) is 0. The highest BCUT2D eigenvalue weighted by Gasteiger charge is 2.20. The summed E-state index contributed by atoms with van der Waals surface area (Å²) in [6.45, 7) is 5.64. The Morgan fingerprint density at radius 3 is 2.47 bits per heavy atom. The summed E-state index contributed by atoms with van der Waals surface area (Å²) in [5.41, 5.74) is 0.738. The van der Waals surface area contributed by atoms with E-state index in [1.165, 1.54) is 0 Å². The molecule has 0 atom stereocenters. The summed E-state index contributed by atoms with van der Waals surface area (Å²) in [6, 6.07) is 5.02. The van der Waals surface area contributed by atoms with Crippen LogP contribution in [0.15, 0.2) is 22.7 Å². The summed E-state index contributed by atoms with van der Waals surface area (Å²) in [5.74, 6) is -0.664. The number of esters is 1. The Morgan fingerprint density at radius 2 is 1.94 bits per heavy atom. The molecule has 1 rings (SSSR count). The number of hydrogen-bond donors (Lipinski definition) is 0. The molecule has 17 heavy (non-hydrogen) atoms. The number of hydrogen-bond acceptors (Lipinski definition) is 3. The van der Waals surface area contributed by atoms with E-state index in [4.69, 9.17) is 4.74 Å². The fraction of sp³-hybridized carbons (Fsp3) is 0.385. The van der Waals surface area contributed by atoms with Crippen LogP contribution in [0.4, 0.5) is 0 Å². The molecular weight excluding hydrogens is 284 g/mol. The molecule has 1 aromatic carbocycles. The summed E-state index contributed by atoms with van der Waals surface area (Å²) < 4.78 is 5.69. The van der Waals surface area contributed by atoms with Gasteiger partial charge in [0.15, 0.2) is 5.78 Å². The lowest BCUT2D eigenvalue weighted by Crippen LogP contribution is -2.15. The number of carbonyl (C=O) groups excluding carboxylic acids is 2. The van der Waals surface area contributed by atoms with Crippen LogP contribution in [0.25, 0.3) is 0 Å². The highest BCUT2D eigenvalue weighted by Crippen LogP contribution is 2.20. The standard InChI is InChI=1S/C13H15BrO3/c1-4-17-13(16)11-7-9(14)5-6-10(11)12(15)8(2)3/h5-8H,4H2,1-3H3. The first-order valence-electron chi connectivity index (χ1n) is 5.48. The number of carbonyl (C=O) groups is 2. The molecule has 0 spiro atoms. The van der Waals surface area contributed by atoms with Gasteiger partial charge in [-0.25, -0.2) is 4.79 Å². The molecule has 0 N–H and O–H groups in total. The number of rotatable bonds is 4. The Hall–Kier alpha value is -1.16. The van der Waals surface area contributed by atoms with Crippen molar-refractivity contribution in [1.82, 2.24) is 0 Å². The van der Waals surface area contributed by atoms with E-state index in [-0.39, 0.29) is 11.7 Å². The normalized spacial score (nSPS) is 10.4. The molecule has 0 amide bonds. The van der Waals surface area contributed by atoms with Crippen LogP contribution in [0.2, 0.25) is 0 Å². The van der Waals surface area contributed by atoms with Gasteiger partial charge >= 0.3 is 5.97 Å². The molecule has 3 nitrogen and oxygen atoms in total. The molecule has 0 aromatic heterocycles. The van der Waals surface area contributed by atoms with Crippen molar-refractivity contribution in [3.63, 3.8) is 0 Å². The molecule has 0 aliphatic rings. The van der Waals surface area contributed by atoms with Gasteiger partial charge in [0.2, 0.25) is 0 Å². The minimum Gasteiger partial charge on any atom is -0.462 e. The van der Waals surface area contributed by atoms with Crippen LogP contribution in [0.5, 0.6) is 0 Å². The zero-order valence-electron chi connectivity index (χ0n) is 10.1. The molecule has 0 saturated carbocycles. The molecule has 0 saturated heterocycles. The second-order valence-corrected chi connectivity index (χ2v) is 4.85. The summed E-state index contributed by atoms with van der Waals surface area (Å²) in [6.07, 6.45) is 0. The molecule has 1 aromatic rings. The summed E-state index contributed by atoms with van der Waals surface area (Å²) in [4.78, 5) is 23.7. The Bertz CT molecular complexity index is 438. The molecule has 0 radical (unpaired) electrons. The maximum atomic E-state index is 12.0. The average molecular weight is 299 g/mol. The predicted molar refractivity (Wildman–Crippen MR) is 69.3 cm³/mol. The monoisotopic (exact) mass is 298 g/mol. The van der Waals surface area contributed by atoms with Gasteiger partial charge in [-0.2, -0.15) is 0 Å². The van der Waals surface area contributed by atoms with E-state index in [0.29, 0.717) is 17.7 Å². The smallest absolute Gasteiger partial charge is 0.338 e. The van der Waals surface area contributed by atoms with Crippen LogP contribution in [-0.4, -0.2) is 18.4 Å². The average Bonchev–Trinajstić information content (AvgIpc) is 2.28. The van der Waals surface area contributed by atoms with Crippen LogP contribution in [0, 0.1) is 5.92 Å². The fourth-order valence-electron chi connectivity index (χ4n) is 1.42. The van der Waals surface area contributed by atoms with Crippen molar-refractivity contribution >= 4 is 27.7 Å². The van der Waals surface area contributed by atoms with E-state index in [0.717, 1.165) is 4.47 Å². The van der Waals surface area contributed by atoms with E-state index in [1.54, 1.807) is 39.0 Å². The first-order valence-corrected chi connectivity index (χ1v) is 6.27. The van der Waals surface area contributed by atoms with Crippen LogP contribution in [0.3, 0.4) is 0 Å². The van der Waals surface area contributed by atoms with Crippen molar-refractivity contribution < 1.29 is 14.3 Å². The van der Waals surface area contributed by atoms with E-state index in [1.807, 2.05) is 0 Å². The Labute approximate surface area is 109 Å². The Balaban J connectivity index is 3.21. The molecular formula is C13H15BrO3. The largest absolute Gasteiger partial charge is 0.462 e. The molecule has 4 heteroatoms. The number of Topliss-reactive ketones (excluding diaryl/α,β-unsaturated/α-hetero) is 1. The molecule has 0 unspecified atom stereocenters. The van der Waals surface area contributed by atoms with Gasteiger partial charge in [0.05, 0.1) is 12.2 Å². The number of ketones is 1. The third-order valence-corrected chi connectivity index (χ3v) is 2.76. The first kappa shape index (κ1) is 13.9. The van der Waals surface area contributed by atoms with Crippen molar-refractivity contribution in [2.75, 3.05) is 6.61 Å². The zero-order chi connectivity index (χ0) is 13.0. The SMILES string of the molecule is CCOC(=O)c1cc(Br)ccc1C(=O)C(C)C. The number of ether oxygens (including phenoxy) is 1. The maximum absolute atomic E-state index is 12.0. The van der Waals surface area contributed by atoms with E-state index < -0.39 is 5.97 Å². The van der Waals surface area contributed by atoms with Crippen LogP contribution >= 0.6 is 15.9 Å². The molecule has 0 aliphatic carbocycles. The van der Waals surface area contributed by atoms with E-state index >= 15 is 0 Å². The number of halogens is 1. The van der Waals surface area contributed by atoms with Crippen LogP contribution < -0.4 is 0 Å². The van der Waals surface area contributed by atoms with Crippen LogP contribution in [0.1, 0.15) is 41.5 Å². The van der Waals surface area contributed by atoms with Crippen LogP contribution in [-0.2, 0) is 4.74 Å². The van der Waals surface area contributed by atoms with Crippen molar-refractivity contribution in [2.24, 2.45) is 5.92 Å². The summed E-state index contributed by atoms with van der Waals surface area (Å²) in [5, 5.41) is 0. The zero-order valence-corrected chi connectivity index (χ0v) is 11.7. The van der Waals surface area contributed by atoms with Crippen molar-refractivity contribution in [3.05, 3.63) is 33.8 Å². The van der Waals surface area contributed by atoms with Crippen molar-refractivity contribution in [3.8, 4) is 0 Å². The molecule has 0 aliphatic heterocycles. The second kappa shape index (κ2) is 5.96. The maximum Gasteiger partial charge on any atom is 0.338 e. The van der Waals surface area contributed by atoms with Crippen molar-refractivity contribution in [1.29, 1.82) is 0 Å². The Morgan fingerprint density at radius 1 is 1.29 bits per heavy atom. The van der Waals surface area contributed by atoms with E-state index in [2.05, 4.69) is 15.9 Å². The van der Waals surface area contributed by atoms with Gasteiger partial charge in [0.1, 0.15) is 0 Å². The highest BCUT2D eigenvalue weighted by atomic mass is 79.9. The van der Waals surface area contributed by atoms with Gasteiger partial charge < -0.3 is 4.74 Å². The third-order valence-electron chi connectivity index (χ3n) is 2.27. The molecule has 0 fully saturated rings. The topological polar surface area (TPSA) is 43.4 Å². The van der Waals surface area contributed by atoms with Gasteiger partial charge in [-0.15, -0.1) is 0 Å². The van der Waals surface area contributed by atoms with E-state index in [9.17, 15) is 9.59 Å². The number of benzene rings is 1. The fourth-order valence-corrected chi connectivity index (χ4v) is 1.78. The highest BCUT2D eigenvalue weighted by molar-refractivity contribution is 9.10. The first-order chi connectivity index (χ1) is 7.97. The van der Waals surface area contributed by atoms with Gasteiger partial charge in [-0.05, 0) is 25.1 Å². The Kier molecular flexibility index (Phi) is 4.87. The van der Waals surface area contributed by atoms with Gasteiger partial charge in [-0.1, -0.05) is 29.8 Å². The quantitative estimate of drug-likeness (QED) is 0.631. The van der Waals surface area contributed by atoms with Gasteiger partial charge in [-0.3, -0.25) is 4.79 Å². The minimum absolute atomic E-state index is 0.0550. The molecule has 0 heterocycles. The third kappa shape index (κ3) is 3.40. The van der Waals surface area contributed by atoms with Crippen molar-refractivity contribution in [2.45, 2.75) is 20.8 Å². The second-order valence-electron chi connectivity index (χ2n) is 3.93. The lowest BCUT2D eigenvalue weighted by molar-refractivity contribution is 0.0522. The minimum atomic E-state index is -0.460. The molecule has 0 bridgehead atoms. The lowest BCUT2D eigenvalue weighted by atomic mass is 9.96. The van der Waals surface area contributed by atoms with Gasteiger partial charge in [0, 0.05) is 16.0 Å². The lowest BCUT2D eigenvalue weighted by Gasteiger charge is -2.10. The predicted octanol–water partition coefficient (Wildman–Crippen LogP) is 3.46. The summed E-state index contributed by atoms with van der Waals surface area (Å²) >= 11 is 3.28. The molecule has 92 valence electrons.